The highest BCUT2D eigenvalue weighted by Crippen LogP contribution is 2.37. The Morgan fingerprint density at radius 1 is 1.15 bits per heavy atom. The number of hydrogen-bond donors (Lipinski definition) is 2. The summed E-state index contributed by atoms with van der Waals surface area (Å²) >= 11 is 0. The van der Waals surface area contributed by atoms with E-state index in [9.17, 15) is 16.8 Å². The Morgan fingerprint density at radius 2 is 1.77 bits per heavy atom. The Balaban J connectivity index is 1.83. The van der Waals surface area contributed by atoms with Crippen LogP contribution in [0.2, 0.25) is 0 Å². The monoisotopic (exact) mass is 402 g/mol. The van der Waals surface area contributed by atoms with Crippen LogP contribution in [-0.2, 0) is 20.0 Å². The molecule has 0 radical (unpaired) electrons. The van der Waals surface area contributed by atoms with Crippen molar-refractivity contribution in [3.05, 3.63) is 24.3 Å². The molecule has 2 aliphatic rings. The second kappa shape index (κ2) is 7.20. The lowest BCUT2D eigenvalue weighted by molar-refractivity contribution is 0.209. The van der Waals surface area contributed by atoms with Crippen molar-refractivity contribution >= 4 is 20.0 Å². The van der Waals surface area contributed by atoms with Crippen LogP contribution >= 0.6 is 0 Å². The van der Waals surface area contributed by atoms with E-state index >= 15 is 0 Å². The summed E-state index contributed by atoms with van der Waals surface area (Å²) in [7, 11) is -7.31. The molecule has 1 aromatic carbocycles. The fourth-order valence-electron chi connectivity index (χ4n) is 3.52. The smallest absolute Gasteiger partial charge is 0.243 e. The van der Waals surface area contributed by atoms with Crippen LogP contribution in [0.15, 0.2) is 34.1 Å². The number of nitrogens with one attached hydrogen (secondary N) is 1. The van der Waals surface area contributed by atoms with Gasteiger partial charge in [0.15, 0.2) is 0 Å². The van der Waals surface area contributed by atoms with E-state index < -0.39 is 25.6 Å². The zero-order valence-electron chi connectivity index (χ0n) is 14.9. The predicted octanol–water partition coefficient (Wildman–Crippen LogP) is 1.44. The Kier molecular flexibility index (Phi) is 5.47. The minimum absolute atomic E-state index is 0.000224. The zero-order chi connectivity index (χ0) is 19.0. The van der Waals surface area contributed by atoms with Crippen LogP contribution in [0.5, 0.6) is 0 Å². The van der Waals surface area contributed by atoms with E-state index in [-0.39, 0.29) is 22.4 Å². The molecule has 1 aliphatic heterocycles. The van der Waals surface area contributed by atoms with Crippen LogP contribution < -0.4 is 4.72 Å². The van der Waals surface area contributed by atoms with Gasteiger partial charge in [-0.05, 0) is 69.7 Å². The molecule has 0 spiro atoms. The average Bonchev–Trinajstić information content (AvgIpc) is 3.31. The van der Waals surface area contributed by atoms with E-state index in [0.717, 1.165) is 25.7 Å². The fourth-order valence-corrected chi connectivity index (χ4v) is 6.70. The molecule has 1 heterocycles. The largest absolute Gasteiger partial charge is 0.396 e. The van der Waals surface area contributed by atoms with Gasteiger partial charge in [-0.25, -0.2) is 21.6 Å². The predicted molar refractivity (Wildman–Crippen MR) is 97.6 cm³/mol. The molecule has 1 saturated heterocycles. The number of hydrogen-bond acceptors (Lipinski definition) is 5. The van der Waals surface area contributed by atoms with Crippen LogP contribution in [0, 0.1) is 0 Å². The van der Waals surface area contributed by atoms with Crippen molar-refractivity contribution in [2.24, 2.45) is 0 Å². The van der Waals surface area contributed by atoms with Crippen molar-refractivity contribution in [1.29, 1.82) is 0 Å². The first-order chi connectivity index (χ1) is 12.2. The lowest BCUT2D eigenvalue weighted by Gasteiger charge is -2.34. The van der Waals surface area contributed by atoms with Crippen LogP contribution in [0.4, 0.5) is 0 Å². The second-order valence-corrected chi connectivity index (χ2v) is 10.9. The molecule has 1 saturated carbocycles. The van der Waals surface area contributed by atoms with Gasteiger partial charge in [-0.1, -0.05) is 0 Å². The third kappa shape index (κ3) is 3.96. The summed E-state index contributed by atoms with van der Waals surface area (Å²) < 4.78 is 54.7. The summed E-state index contributed by atoms with van der Waals surface area (Å²) in [5, 5.41) is 9.09. The summed E-state index contributed by atoms with van der Waals surface area (Å²) in [6, 6.07) is 5.42. The number of sulfonamides is 2. The molecule has 146 valence electrons. The Hall–Kier alpha value is -1.00. The molecule has 1 aromatic rings. The van der Waals surface area contributed by atoms with E-state index in [0.29, 0.717) is 19.4 Å². The summed E-state index contributed by atoms with van der Waals surface area (Å²) in [4.78, 5) is 0.174. The maximum Gasteiger partial charge on any atom is 0.243 e. The minimum atomic E-state index is -3.71. The molecule has 0 amide bonds. The number of nitrogens with zero attached hydrogens (tertiary/aromatic N) is 1. The summed E-state index contributed by atoms with van der Waals surface area (Å²) in [5.41, 5.74) is -0.514. The molecule has 0 unspecified atom stereocenters. The van der Waals surface area contributed by atoms with Crippen molar-refractivity contribution in [2.45, 2.75) is 66.8 Å². The van der Waals surface area contributed by atoms with Crippen molar-refractivity contribution in [1.82, 2.24) is 9.03 Å². The maximum atomic E-state index is 13.1. The molecule has 1 aliphatic carbocycles. The molecule has 9 heteroatoms. The summed E-state index contributed by atoms with van der Waals surface area (Å²) in [6.07, 6.45) is 4.36. The highest BCUT2D eigenvalue weighted by molar-refractivity contribution is 7.89. The van der Waals surface area contributed by atoms with Crippen molar-refractivity contribution in [3.63, 3.8) is 0 Å². The quantitative estimate of drug-likeness (QED) is 0.685. The number of aliphatic hydroxyl groups is 1. The van der Waals surface area contributed by atoms with Gasteiger partial charge < -0.3 is 5.11 Å². The van der Waals surface area contributed by atoms with Crippen LogP contribution in [-0.4, -0.2) is 51.0 Å². The molecule has 2 N–H and O–H groups in total. The highest BCUT2D eigenvalue weighted by Gasteiger charge is 2.43. The van der Waals surface area contributed by atoms with Crippen molar-refractivity contribution in [2.75, 3.05) is 13.2 Å². The van der Waals surface area contributed by atoms with Gasteiger partial charge in [0.1, 0.15) is 0 Å². The SMILES string of the molecule is C[C@]1(CCCO)CCCN1S(=O)(=O)c1ccc(S(=O)(=O)NC2CC2)cc1. The number of aliphatic hydroxyl groups excluding tert-OH is 1. The van der Waals surface area contributed by atoms with Gasteiger partial charge in [0, 0.05) is 24.7 Å². The van der Waals surface area contributed by atoms with Gasteiger partial charge in [-0.2, -0.15) is 4.31 Å². The van der Waals surface area contributed by atoms with Crippen LogP contribution in [0.25, 0.3) is 0 Å². The van der Waals surface area contributed by atoms with Crippen LogP contribution in [0.1, 0.15) is 45.4 Å². The van der Waals surface area contributed by atoms with Gasteiger partial charge in [0.05, 0.1) is 9.79 Å². The zero-order valence-corrected chi connectivity index (χ0v) is 16.5. The van der Waals surface area contributed by atoms with E-state index in [1.165, 1.54) is 28.6 Å². The molecular weight excluding hydrogens is 376 g/mol. The molecule has 7 nitrogen and oxygen atoms in total. The minimum Gasteiger partial charge on any atom is -0.396 e. The molecule has 0 aromatic heterocycles. The highest BCUT2D eigenvalue weighted by atomic mass is 32.2. The Labute approximate surface area is 155 Å². The standard InChI is InChI=1S/C17H26N2O5S2/c1-17(11-3-13-20)10-2-12-19(17)26(23,24)16-8-6-15(7-9-16)25(21,22)18-14-4-5-14/h6-9,14,18,20H,2-5,10-13H2,1H3/t17-/m1/s1. The Bertz CT molecular complexity index is 848. The number of benzene rings is 1. The fraction of sp³-hybridized carbons (Fsp3) is 0.647. The summed E-state index contributed by atoms with van der Waals surface area (Å²) in [6.45, 7) is 2.38. The van der Waals surface area contributed by atoms with E-state index in [2.05, 4.69) is 4.72 Å². The molecule has 2 fully saturated rings. The lowest BCUT2D eigenvalue weighted by Crippen LogP contribution is -2.45. The van der Waals surface area contributed by atoms with Gasteiger partial charge in [-0.3, -0.25) is 0 Å². The van der Waals surface area contributed by atoms with E-state index in [1.807, 2.05) is 6.92 Å². The summed E-state index contributed by atoms with van der Waals surface area (Å²) in [5.74, 6) is 0. The van der Waals surface area contributed by atoms with Gasteiger partial charge >= 0.3 is 0 Å². The first-order valence-electron chi connectivity index (χ1n) is 8.95. The van der Waals surface area contributed by atoms with E-state index in [4.69, 9.17) is 5.11 Å². The average molecular weight is 403 g/mol. The first-order valence-corrected chi connectivity index (χ1v) is 11.9. The van der Waals surface area contributed by atoms with Crippen molar-refractivity contribution in [3.8, 4) is 0 Å². The first kappa shape index (κ1) is 19.8. The van der Waals surface area contributed by atoms with Gasteiger partial charge in [0.2, 0.25) is 20.0 Å². The van der Waals surface area contributed by atoms with Crippen LogP contribution in [0.3, 0.4) is 0 Å². The van der Waals surface area contributed by atoms with Gasteiger partial charge in [0.25, 0.3) is 0 Å². The van der Waals surface area contributed by atoms with Gasteiger partial charge in [-0.15, -0.1) is 0 Å². The van der Waals surface area contributed by atoms with Crippen molar-refractivity contribution < 1.29 is 21.9 Å². The topological polar surface area (TPSA) is 104 Å². The third-order valence-electron chi connectivity index (χ3n) is 5.17. The maximum absolute atomic E-state index is 13.1. The molecule has 0 bridgehead atoms. The third-order valence-corrected chi connectivity index (χ3v) is 8.78. The number of rotatable bonds is 8. The normalized spacial score (nSPS) is 24.8. The molecule has 3 rings (SSSR count). The molecular formula is C17H26N2O5S2. The molecule has 26 heavy (non-hydrogen) atoms. The molecule has 1 atom stereocenters. The lowest BCUT2D eigenvalue weighted by atomic mass is 9.94. The van der Waals surface area contributed by atoms with E-state index in [1.54, 1.807) is 0 Å². The second-order valence-electron chi connectivity index (χ2n) is 7.37. The Morgan fingerprint density at radius 3 is 2.35 bits per heavy atom.